The Morgan fingerprint density at radius 2 is 1.96 bits per heavy atom. The van der Waals surface area contributed by atoms with Crippen LogP contribution in [0, 0.1) is 12.8 Å². The van der Waals surface area contributed by atoms with E-state index in [1.165, 1.54) is 6.42 Å². The summed E-state index contributed by atoms with van der Waals surface area (Å²) >= 11 is 0. The van der Waals surface area contributed by atoms with Crippen molar-refractivity contribution in [2.45, 2.75) is 32.6 Å². The first-order valence-corrected chi connectivity index (χ1v) is 8.14. The summed E-state index contributed by atoms with van der Waals surface area (Å²) in [6.45, 7) is 4.30. The van der Waals surface area contributed by atoms with Crippen molar-refractivity contribution in [1.82, 2.24) is 4.90 Å². The second-order valence-electron chi connectivity index (χ2n) is 6.20. The van der Waals surface area contributed by atoms with Crippen molar-refractivity contribution < 1.29 is 19.4 Å². The minimum absolute atomic E-state index is 0.0938. The van der Waals surface area contributed by atoms with Gasteiger partial charge >= 0.3 is 5.97 Å². The number of ether oxygens (including phenoxy) is 1. The Bertz CT molecular complexity index is 564. The van der Waals surface area contributed by atoms with Gasteiger partial charge in [-0.1, -0.05) is 6.42 Å². The number of carbonyl (C=O) groups is 2. The van der Waals surface area contributed by atoms with Crippen molar-refractivity contribution in [1.29, 1.82) is 0 Å². The van der Waals surface area contributed by atoms with E-state index in [4.69, 9.17) is 9.84 Å². The summed E-state index contributed by atoms with van der Waals surface area (Å²) in [6.07, 6.45) is 3.33. The average Bonchev–Trinajstić information content (AvgIpc) is 2.54. The molecular weight excluding hydrogens is 294 g/mol. The topological polar surface area (TPSA) is 66.8 Å². The van der Waals surface area contributed by atoms with E-state index in [2.05, 4.69) is 4.90 Å². The summed E-state index contributed by atoms with van der Waals surface area (Å²) in [5, 5.41) is 9.16. The maximum atomic E-state index is 12.8. The van der Waals surface area contributed by atoms with E-state index in [1.54, 1.807) is 25.3 Å². The molecule has 0 aromatic heterocycles. The third-order valence-corrected chi connectivity index (χ3v) is 4.40. The van der Waals surface area contributed by atoms with Crippen LogP contribution in [0.25, 0.3) is 0 Å². The normalized spacial score (nSPS) is 16.8. The van der Waals surface area contributed by atoms with E-state index in [-0.39, 0.29) is 12.2 Å². The van der Waals surface area contributed by atoms with Gasteiger partial charge in [-0.2, -0.15) is 0 Å². The fraction of sp³-hybridized carbons (Fsp3) is 0.556. The van der Waals surface area contributed by atoms with Crippen LogP contribution in [0.2, 0.25) is 0 Å². The van der Waals surface area contributed by atoms with Crippen LogP contribution >= 0.6 is 0 Å². The average molecular weight is 319 g/mol. The van der Waals surface area contributed by atoms with Crippen molar-refractivity contribution in [2.75, 3.05) is 26.7 Å². The molecule has 1 saturated heterocycles. The number of carbonyl (C=O) groups excluding carboxylic acids is 1. The lowest BCUT2D eigenvalue weighted by Crippen LogP contribution is -2.37. The Kier molecular flexibility index (Phi) is 6.16. The lowest BCUT2D eigenvalue weighted by Gasteiger charge is -2.29. The molecule has 0 amide bonds. The summed E-state index contributed by atoms with van der Waals surface area (Å²) < 4.78 is 5.21. The number of ketones is 1. The molecule has 0 bridgehead atoms. The molecule has 0 aliphatic carbocycles. The summed E-state index contributed by atoms with van der Waals surface area (Å²) in [4.78, 5) is 26.2. The highest BCUT2D eigenvalue weighted by atomic mass is 16.5. The number of hydrogen-bond donors (Lipinski definition) is 1. The molecule has 2 rings (SSSR count). The highest BCUT2D eigenvalue weighted by molar-refractivity contribution is 5.99. The molecule has 1 aliphatic heterocycles. The summed E-state index contributed by atoms with van der Waals surface area (Å²) in [7, 11) is 1.59. The zero-order chi connectivity index (χ0) is 16.8. The molecule has 0 radical (unpaired) electrons. The molecule has 23 heavy (non-hydrogen) atoms. The predicted molar refractivity (Wildman–Crippen MR) is 88.1 cm³/mol. The molecule has 1 aromatic rings. The SMILES string of the molecule is COc1ccc(C(=O)C(CC(=O)O)CN2CCCCC2)cc1C. The van der Waals surface area contributed by atoms with Gasteiger partial charge in [0.1, 0.15) is 5.75 Å². The third-order valence-electron chi connectivity index (χ3n) is 4.40. The number of aryl methyl sites for hydroxylation is 1. The third kappa shape index (κ3) is 4.79. The van der Waals surface area contributed by atoms with Gasteiger partial charge in [-0.15, -0.1) is 0 Å². The number of carboxylic acid groups (broad SMARTS) is 1. The number of hydrogen-bond acceptors (Lipinski definition) is 4. The van der Waals surface area contributed by atoms with Gasteiger partial charge in [-0.25, -0.2) is 0 Å². The summed E-state index contributed by atoms with van der Waals surface area (Å²) in [5.74, 6) is -0.792. The lowest BCUT2D eigenvalue weighted by atomic mass is 9.92. The first-order chi connectivity index (χ1) is 11.0. The molecule has 1 heterocycles. The van der Waals surface area contributed by atoms with Crippen LogP contribution in [0.3, 0.4) is 0 Å². The number of carboxylic acids is 1. The molecule has 1 fully saturated rings. The number of likely N-dealkylation sites (tertiary alicyclic amines) is 1. The van der Waals surface area contributed by atoms with E-state index in [0.29, 0.717) is 12.1 Å². The van der Waals surface area contributed by atoms with Crippen LogP contribution in [0.5, 0.6) is 5.75 Å². The van der Waals surface area contributed by atoms with Crippen LogP contribution in [0.4, 0.5) is 0 Å². The first-order valence-electron chi connectivity index (χ1n) is 8.14. The maximum absolute atomic E-state index is 12.8. The van der Waals surface area contributed by atoms with Crippen LogP contribution < -0.4 is 4.74 Å². The standard InChI is InChI=1S/C18H25NO4/c1-13-10-14(6-7-16(13)23-2)18(22)15(11-17(20)21)12-19-8-4-3-5-9-19/h6-7,10,15H,3-5,8-9,11-12H2,1-2H3,(H,20,21). The van der Waals surface area contributed by atoms with Crippen molar-refractivity contribution in [2.24, 2.45) is 5.92 Å². The van der Waals surface area contributed by atoms with Gasteiger partial charge in [0.05, 0.1) is 13.5 Å². The monoisotopic (exact) mass is 319 g/mol. The van der Waals surface area contributed by atoms with Crippen LogP contribution in [-0.2, 0) is 4.79 Å². The number of piperidine rings is 1. The minimum atomic E-state index is -0.925. The van der Waals surface area contributed by atoms with Gasteiger partial charge in [0.2, 0.25) is 0 Å². The summed E-state index contributed by atoms with van der Waals surface area (Å²) in [5.41, 5.74) is 1.44. The number of benzene rings is 1. The van der Waals surface area contributed by atoms with Gasteiger partial charge in [-0.05, 0) is 56.6 Å². The van der Waals surface area contributed by atoms with Crippen LogP contribution in [-0.4, -0.2) is 48.5 Å². The second-order valence-corrected chi connectivity index (χ2v) is 6.20. The van der Waals surface area contributed by atoms with E-state index in [9.17, 15) is 9.59 Å². The summed E-state index contributed by atoms with van der Waals surface area (Å²) in [6, 6.07) is 5.27. The quantitative estimate of drug-likeness (QED) is 0.783. The largest absolute Gasteiger partial charge is 0.496 e. The van der Waals surface area contributed by atoms with Crippen molar-refractivity contribution in [3.63, 3.8) is 0 Å². The van der Waals surface area contributed by atoms with E-state index in [1.807, 2.05) is 6.92 Å². The molecule has 5 heteroatoms. The predicted octanol–water partition coefficient (Wildman–Crippen LogP) is 2.76. The van der Waals surface area contributed by atoms with Crippen LogP contribution in [0.15, 0.2) is 18.2 Å². The molecule has 5 nitrogen and oxygen atoms in total. The van der Waals surface area contributed by atoms with Gasteiger partial charge in [-0.3, -0.25) is 9.59 Å². The van der Waals surface area contributed by atoms with Crippen LogP contribution in [0.1, 0.15) is 41.6 Å². The van der Waals surface area contributed by atoms with Gasteiger partial charge < -0.3 is 14.7 Å². The number of methoxy groups -OCH3 is 1. The van der Waals surface area contributed by atoms with Gasteiger partial charge in [0.15, 0.2) is 5.78 Å². The fourth-order valence-corrected chi connectivity index (χ4v) is 3.17. The van der Waals surface area contributed by atoms with E-state index < -0.39 is 11.9 Å². The molecule has 0 spiro atoms. The Hall–Kier alpha value is -1.88. The second kappa shape index (κ2) is 8.11. The molecular formula is C18H25NO4. The Morgan fingerprint density at radius 3 is 2.52 bits per heavy atom. The van der Waals surface area contributed by atoms with Crippen molar-refractivity contribution in [3.05, 3.63) is 29.3 Å². The fourth-order valence-electron chi connectivity index (χ4n) is 3.17. The van der Waals surface area contributed by atoms with E-state index in [0.717, 1.165) is 37.2 Å². The van der Waals surface area contributed by atoms with Gasteiger partial charge in [0, 0.05) is 18.0 Å². The van der Waals surface area contributed by atoms with E-state index >= 15 is 0 Å². The minimum Gasteiger partial charge on any atom is -0.496 e. The molecule has 1 atom stereocenters. The number of aliphatic carboxylic acids is 1. The Balaban J connectivity index is 2.14. The highest BCUT2D eigenvalue weighted by Crippen LogP contribution is 2.22. The zero-order valence-corrected chi connectivity index (χ0v) is 13.9. The molecule has 1 aromatic carbocycles. The highest BCUT2D eigenvalue weighted by Gasteiger charge is 2.26. The molecule has 1 N–H and O–H groups in total. The lowest BCUT2D eigenvalue weighted by molar-refractivity contribution is -0.137. The Morgan fingerprint density at radius 1 is 1.26 bits per heavy atom. The molecule has 0 saturated carbocycles. The number of Topliss-reactive ketones (excluding diaryl/α,β-unsaturated/α-hetero) is 1. The number of rotatable bonds is 7. The Labute approximate surface area is 137 Å². The first kappa shape index (κ1) is 17.5. The molecule has 1 unspecified atom stereocenters. The maximum Gasteiger partial charge on any atom is 0.304 e. The molecule has 126 valence electrons. The van der Waals surface area contributed by atoms with Crippen molar-refractivity contribution >= 4 is 11.8 Å². The molecule has 1 aliphatic rings. The van der Waals surface area contributed by atoms with Crippen molar-refractivity contribution in [3.8, 4) is 5.75 Å². The zero-order valence-electron chi connectivity index (χ0n) is 13.9. The number of nitrogens with zero attached hydrogens (tertiary/aromatic N) is 1. The smallest absolute Gasteiger partial charge is 0.304 e. The van der Waals surface area contributed by atoms with Gasteiger partial charge in [0.25, 0.3) is 0 Å².